The lowest BCUT2D eigenvalue weighted by Crippen LogP contribution is -2.31. The van der Waals surface area contributed by atoms with Gasteiger partial charge in [-0.2, -0.15) is 0 Å². The monoisotopic (exact) mass is 386 g/mol. The molecule has 0 saturated carbocycles. The van der Waals surface area contributed by atoms with E-state index >= 15 is 0 Å². The molecule has 0 fully saturated rings. The van der Waals surface area contributed by atoms with Crippen LogP contribution in [0.4, 0.5) is 0 Å². The molecule has 5 nitrogen and oxygen atoms in total. The van der Waals surface area contributed by atoms with Gasteiger partial charge in [0, 0.05) is 30.1 Å². The Morgan fingerprint density at radius 3 is 2.54 bits per heavy atom. The number of para-hydroxylation sites is 1. The average Bonchev–Trinajstić information content (AvgIpc) is 3.32. The van der Waals surface area contributed by atoms with Gasteiger partial charge in [0.2, 0.25) is 5.91 Å². The smallest absolute Gasteiger partial charge is 0.233 e. The molecule has 0 spiro atoms. The van der Waals surface area contributed by atoms with Crippen molar-refractivity contribution >= 4 is 29.0 Å². The zero-order valence-corrected chi connectivity index (χ0v) is 16.6. The number of amides is 1. The Bertz CT molecular complexity index is 827. The largest absolute Gasteiger partial charge is 0.343 e. The molecule has 3 aromatic rings. The molecule has 0 unspecified atom stereocenters. The summed E-state index contributed by atoms with van der Waals surface area (Å²) >= 11 is 3.15. The molecular formula is C19H22N4OS2. The second-order valence-electron chi connectivity index (χ2n) is 5.68. The summed E-state index contributed by atoms with van der Waals surface area (Å²) < 4.78 is 2.06. The quantitative estimate of drug-likeness (QED) is 0.551. The number of thioether (sulfide) groups is 1. The molecule has 0 atom stereocenters. The lowest BCUT2D eigenvalue weighted by Gasteiger charge is -2.18. The number of benzene rings is 1. The molecule has 2 heterocycles. The highest BCUT2D eigenvalue weighted by molar-refractivity contribution is 7.99. The first-order chi connectivity index (χ1) is 12.7. The maximum Gasteiger partial charge on any atom is 0.233 e. The molecule has 0 aliphatic carbocycles. The van der Waals surface area contributed by atoms with Crippen molar-refractivity contribution in [3.05, 3.63) is 58.5 Å². The summed E-state index contributed by atoms with van der Waals surface area (Å²) in [5.41, 5.74) is 1.02. The second-order valence-corrected chi connectivity index (χ2v) is 7.66. The van der Waals surface area contributed by atoms with E-state index in [-0.39, 0.29) is 5.91 Å². The van der Waals surface area contributed by atoms with Crippen LogP contribution < -0.4 is 0 Å². The Labute approximate surface area is 162 Å². The molecule has 0 N–H and O–H groups in total. The number of carbonyl (C=O) groups excluding carboxylic acids is 1. The maximum absolute atomic E-state index is 12.3. The molecule has 0 saturated heterocycles. The number of rotatable bonds is 8. The summed E-state index contributed by atoms with van der Waals surface area (Å²) in [7, 11) is 0. The molecule has 1 aromatic carbocycles. The molecule has 26 heavy (non-hydrogen) atoms. The predicted octanol–water partition coefficient (Wildman–Crippen LogP) is 3.88. The zero-order valence-electron chi connectivity index (χ0n) is 15.0. The Kier molecular flexibility index (Phi) is 6.46. The van der Waals surface area contributed by atoms with Crippen LogP contribution in [0.5, 0.6) is 0 Å². The molecule has 7 heteroatoms. The van der Waals surface area contributed by atoms with Gasteiger partial charge in [-0.25, -0.2) is 0 Å². The van der Waals surface area contributed by atoms with Crippen LogP contribution in [0.3, 0.4) is 0 Å². The van der Waals surface area contributed by atoms with Gasteiger partial charge >= 0.3 is 0 Å². The predicted molar refractivity (Wildman–Crippen MR) is 107 cm³/mol. The fourth-order valence-corrected chi connectivity index (χ4v) is 4.28. The van der Waals surface area contributed by atoms with Crippen LogP contribution in [-0.2, 0) is 11.2 Å². The van der Waals surface area contributed by atoms with Crippen molar-refractivity contribution in [1.29, 1.82) is 0 Å². The first-order valence-electron chi connectivity index (χ1n) is 8.65. The Hall–Kier alpha value is -2.12. The molecule has 0 bridgehead atoms. The van der Waals surface area contributed by atoms with Crippen LogP contribution in [0.2, 0.25) is 0 Å². The van der Waals surface area contributed by atoms with E-state index in [0.717, 1.165) is 36.2 Å². The second kappa shape index (κ2) is 9.00. The minimum Gasteiger partial charge on any atom is -0.343 e. The number of thiophene rings is 1. The van der Waals surface area contributed by atoms with Crippen molar-refractivity contribution in [2.75, 3.05) is 18.8 Å². The van der Waals surface area contributed by atoms with Gasteiger partial charge < -0.3 is 4.90 Å². The molecule has 0 aliphatic heterocycles. The Balaban J connectivity index is 1.85. The van der Waals surface area contributed by atoms with Gasteiger partial charge in [-0.3, -0.25) is 9.36 Å². The molecule has 0 radical (unpaired) electrons. The van der Waals surface area contributed by atoms with E-state index in [1.807, 2.05) is 55.1 Å². The van der Waals surface area contributed by atoms with E-state index in [0.29, 0.717) is 5.75 Å². The van der Waals surface area contributed by atoms with Crippen LogP contribution in [0, 0.1) is 0 Å². The van der Waals surface area contributed by atoms with Gasteiger partial charge in [0.1, 0.15) is 5.82 Å². The van der Waals surface area contributed by atoms with Gasteiger partial charge in [0.05, 0.1) is 5.75 Å². The Morgan fingerprint density at radius 1 is 1.12 bits per heavy atom. The molecule has 0 aliphatic rings. The summed E-state index contributed by atoms with van der Waals surface area (Å²) in [6.45, 7) is 5.45. The van der Waals surface area contributed by atoms with Gasteiger partial charge in [0.25, 0.3) is 0 Å². The molecular weight excluding hydrogens is 364 g/mol. The van der Waals surface area contributed by atoms with Crippen molar-refractivity contribution in [1.82, 2.24) is 19.7 Å². The highest BCUT2D eigenvalue weighted by Gasteiger charge is 2.18. The molecule has 1 amide bonds. The lowest BCUT2D eigenvalue weighted by molar-refractivity contribution is -0.127. The fourth-order valence-electron chi connectivity index (χ4n) is 2.71. The molecule has 3 rings (SSSR count). The van der Waals surface area contributed by atoms with Crippen molar-refractivity contribution in [2.24, 2.45) is 0 Å². The zero-order chi connectivity index (χ0) is 18.4. The van der Waals surface area contributed by atoms with Crippen LogP contribution >= 0.6 is 23.1 Å². The highest BCUT2D eigenvalue weighted by Crippen LogP contribution is 2.24. The first-order valence-corrected chi connectivity index (χ1v) is 10.5. The number of carbonyl (C=O) groups is 1. The minimum absolute atomic E-state index is 0.127. The maximum atomic E-state index is 12.3. The van der Waals surface area contributed by atoms with Gasteiger partial charge in [-0.05, 0) is 37.4 Å². The summed E-state index contributed by atoms with van der Waals surface area (Å²) in [6.07, 6.45) is 0.726. The minimum atomic E-state index is 0.127. The third kappa shape index (κ3) is 4.34. The summed E-state index contributed by atoms with van der Waals surface area (Å²) in [6, 6.07) is 14.2. The van der Waals surface area contributed by atoms with E-state index in [1.54, 1.807) is 11.3 Å². The topological polar surface area (TPSA) is 51.0 Å². The number of hydrogen-bond donors (Lipinski definition) is 0. The van der Waals surface area contributed by atoms with Crippen molar-refractivity contribution in [3.8, 4) is 5.69 Å². The van der Waals surface area contributed by atoms with Crippen molar-refractivity contribution in [3.63, 3.8) is 0 Å². The molecule has 136 valence electrons. The van der Waals surface area contributed by atoms with E-state index in [2.05, 4.69) is 26.2 Å². The van der Waals surface area contributed by atoms with Crippen molar-refractivity contribution < 1.29 is 4.79 Å². The van der Waals surface area contributed by atoms with Crippen molar-refractivity contribution in [2.45, 2.75) is 25.4 Å². The van der Waals surface area contributed by atoms with Gasteiger partial charge in [0.15, 0.2) is 5.16 Å². The fraction of sp³-hybridized carbons (Fsp3) is 0.316. The SMILES string of the molecule is CCN(CC)C(=O)CSc1nnc(Cc2cccs2)n1-c1ccccc1. The summed E-state index contributed by atoms with van der Waals surface area (Å²) in [5, 5.41) is 11.6. The van der Waals surface area contributed by atoms with Gasteiger partial charge in [-0.15, -0.1) is 21.5 Å². The van der Waals surface area contributed by atoms with E-state index in [1.165, 1.54) is 16.6 Å². The lowest BCUT2D eigenvalue weighted by atomic mass is 10.3. The third-order valence-electron chi connectivity index (χ3n) is 4.07. The van der Waals surface area contributed by atoms with Crippen LogP contribution in [0.1, 0.15) is 24.5 Å². The first kappa shape index (κ1) is 18.7. The Morgan fingerprint density at radius 2 is 1.88 bits per heavy atom. The summed E-state index contributed by atoms with van der Waals surface area (Å²) in [5.74, 6) is 1.38. The summed E-state index contributed by atoms with van der Waals surface area (Å²) in [4.78, 5) is 15.4. The van der Waals surface area contributed by atoms with Gasteiger partial charge in [-0.1, -0.05) is 36.0 Å². The third-order valence-corrected chi connectivity index (χ3v) is 5.86. The van der Waals surface area contributed by atoms with Crippen LogP contribution in [0.15, 0.2) is 53.0 Å². The standard InChI is InChI=1S/C19H22N4OS2/c1-3-22(4-2)18(24)14-26-19-21-20-17(13-16-11-8-12-25-16)23(19)15-9-6-5-7-10-15/h5-12H,3-4,13-14H2,1-2H3. The average molecular weight is 387 g/mol. The number of aromatic nitrogens is 3. The highest BCUT2D eigenvalue weighted by atomic mass is 32.2. The molecule has 2 aromatic heterocycles. The van der Waals surface area contributed by atoms with E-state index in [9.17, 15) is 4.79 Å². The van der Waals surface area contributed by atoms with E-state index < -0.39 is 0 Å². The van der Waals surface area contributed by atoms with E-state index in [4.69, 9.17) is 0 Å². The van der Waals surface area contributed by atoms with Crippen LogP contribution in [0.25, 0.3) is 5.69 Å². The number of hydrogen-bond acceptors (Lipinski definition) is 5. The van der Waals surface area contributed by atoms with Crippen LogP contribution in [-0.4, -0.2) is 44.4 Å². The normalized spacial score (nSPS) is 10.8. The number of nitrogens with zero attached hydrogens (tertiary/aromatic N) is 4.